The van der Waals surface area contributed by atoms with Gasteiger partial charge in [0.05, 0.1) is 0 Å². The van der Waals surface area contributed by atoms with Gasteiger partial charge >= 0.3 is 0 Å². The van der Waals surface area contributed by atoms with Crippen molar-refractivity contribution in [3.05, 3.63) is 21.7 Å². The zero-order chi connectivity index (χ0) is 9.84. The maximum atomic E-state index is 5.83. The van der Waals surface area contributed by atoms with Crippen LogP contribution in [-0.2, 0) is 0 Å². The van der Waals surface area contributed by atoms with E-state index >= 15 is 0 Å². The molecule has 1 nitrogen and oxygen atoms in total. The lowest BCUT2D eigenvalue weighted by Gasteiger charge is -2.05. The maximum absolute atomic E-state index is 5.83. The minimum Gasteiger partial charge on any atom is -0.242 e. The number of nitrogens with zero attached hydrogens (tertiary/aromatic N) is 1. The molecule has 13 heavy (non-hydrogen) atoms. The molecule has 0 radical (unpaired) electrons. The molecular formula is C10H14ClNS. The lowest BCUT2D eigenvalue weighted by molar-refractivity contribution is 0.778. The standard InChI is InChI=1S/C10H14ClNS/c1-7(2)9(5-11)4-10-12-8(3)6-13-10/h4,6-7H,5H2,1-3H3/b9-4-. The second-order valence-electron chi connectivity index (χ2n) is 3.33. The summed E-state index contributed by atoms with van der Waals surface area (Å²) in [5.74, 6) is 1.10. The van der Waals surface area contributed by atoms with Crippen molar-refractivity contribution in [2.75, 3.05) is 5.88 Å². The molecule has 0 saturated carbocycles. The van der Waals surface area contributed by atoms with Gasteiger partial charge in [0, 0.05) is 17.0 Å². The Morgan fingerprint density at radius 1 is 1.69 bits per heavy atom. The van der Waals surface area contributed by atoms with Crippen molar-refractivity contribution in [2.24, 2.45) is 5.92 Å². The predicted octanol–water partition coefficient (Wildman–Crippen LogP) is 3.73. The van der Waals surface area contributed by atoms with Crippen LogP contribution in [-0.4, -0.2) is 10.9 Å². The number of hydrogen-bond donors (Lipinski definition) is 0. The Morgan fingerprint density at radius 2 is 2.38 bits per heavy atom. The van der Waals surface area contributed by atoms with E-state index < -0.39 is 0 Å². The summed E-state index contributed by atoms with van der Waals surface area (Å²) in [6.07, 6.45) is 2.09. The molecule has 3 heteroatoms. The van der Waals surface area contributed by atoms with Crippen LogP contribution in [0.4, 0.5) is 0 Å². The zero-order valence-electron chi connectivity index (χ0n) is 8.17. The van der Waals surface area contributed by atoms with Crippen LogP contribution < -0.4 is 0 Å². The van der Waals surface area contributed by atoms with E-state index in [0.717, 1.165) is 10.7 Å². The summed E-state index contributed by atoms with van der Waals surface area (Å²) in [7, 11) is 0. The molecule has 1 rings (SSSR count). The molecule has 72 valence electrons. The third kappa shape index (κ3) is 3.12. The van der Waals surface area contributed by atoms with Crippen molar-refractivity contribution in [1.82, 2.24) is 4.98 Å². The van der Waals surface area contributed by atoms with Crippen molar-refractivity contribution in [2.45, 2.75) is 20.8 Å². The Hall–Kier alpha value is -0.340. The van der Waals surface area contributed by atoms with Gasteiger partial charge in [-0.3, -0.25) is 0 Å². The second kappa shape index (κ2) is 4.77. The third-order valence-corrected chi connectivity index (χ3v) is 3.06. The van der Waals surface area contributed by atoms with E-state index in [1.165, 1.54) is 5.57 Å². The van der Waals surface area contributed by atoms with Crippen LogP contribution in [0.5, 0.6) is 0 Å². The normalized spacial score (nSPS) is 12.5. The van der Waals surface area contributed by atoms with Crippen molar-refractivity contribution in [3.8, 4) is 0 Å². The minimum absolute atomic E-state index is 0.502. The van der Waals surface area contributed by atoms with Crippen LogP contribution in [0, 0.1) is 12.8 Å². The van der Waals surface area contributed by atoms with Crippen LogP contribution in [0.2, 0.25) is 0 Å². The highest BCUT2D eigenvalue weighted by Crippen LogP contribution is 2.18. The summed E-state index contributed by atoms with van der Waals surface area (Å²) in [6.45, 7) is 6.30. The number of hydrogen-bond acceptors (Lipinski definition) is 2. The average molecular weight is 216 g/mol. The monoisotopic (exact) mass is 215 g/mol. The fraction of sp³-hybridized carbons (Fsp3) is 0.500. The van der Waals surface area contributed by atoms with E-state index in [2.05, 4.69) is 30.3 Å². The van der Waals surface area contributed by atoms with Crippen LogP contribution in [0.3, 0.4) is 0 Å². The van der Waals surface area contributed by atoms with Gasteiger partial charge in [-0.15, -0.1) is 22.9 Å². The van der Waals surface area contributed by atoms with E-state index in [0.29, 0.717) is 11.8 Å². The molecule has 1 heterocycles. The molecule has 0 aliphatic heterocycles. The highest BCUT2D eigenvalue weighted by molar-refractivity contribution is 7.10. The number of thiazole rings is 1. The summed E-state index contributed by atoms with van der Waals surface area (Å²) >= 11 is 7.49. The first-order valence-electron chi connectivity index (χ1n) is 4.32. The molecule has 0 aliphatic rings. The number of aryl methyl sites for hydroxylation is 1. The highest BCUT2D eigenvalue weighted by Gasteiger charge is 2.03. The summed E-state index contributed by atoms with van der Waals surface area (Å²) in [5, 5.41) is 3.11. The first-order chi connectivity index (χ1) is 6.13. The first-order valence-corrected chi connectivity index (χ1v) is 5.73. The highest BCUT2D eigenvalue weighted by atomic mass is 35.5. The Labute approximate surface area is 88.5 Å². The third-order valence-electron chi connectivity index (χ3n) is 1.84. The lowest BCUT2D eigenvalue weighted by atomic mass is 10.1. The maximum Gasteiger partial charge on any atom is 0.116 e. The van der Waals surface area contributed by atoms with Crippen LogP contribution in [0.25, 0.3) is 6.08 Å². The van der Waals surface area contributed by atoms with Crippen molar-refractivity contribution in [1.29, 1.82) is 0 Å². The van der Waals surface area contributed by atoms with Gasteiger partial charge in [0.2, 0.25) is 0 Å². The minimum atomic E-state index is 0.502. The number of allylic oxidation sites excluding steroid dienone is 1. The summed E-state index contributed by atoms with van der Waals surface area (Å²) in [4.78, 5) is 4.36. The van der Waals surface area contributed by atoms with Gasteiger partial charge in [0.25, 0.3) is 0 Å². The molecule has 0 N–H and O–H groups in total. The van der Waals surface area contributed by atoms with Crippen molar-refractivity contribution >= 4 is 29.0 Å². The summed E-state index contributed by atoms with van der Waals surface area (Å²) in [6, 6.07) is 0. The largest absolute Gasteiger partial charge is 0.242 e. The molecular weight excluding hydrogens is 202 g/mol. The topological polar surface area (TPSA) is 12.9 Å². The number of alkyl halides is 1. The van der Waals surface area contributed by atoms with E-state index in [9.17, 15) is 0 Å². The quantitative estimate of drug-likeness (QED) is 0.701. The Kier molecular flexibility index (Phi) is 3.94. The van der Waals surface area contributed by atoms with Gasteiger partial charge in [0.15, 0.2) is 0 Å². The van der Waals surface area contributed by atoms with E-state index in [1.807, 2.05) is 6.92 Å². The van der Waals surface area contributed by atoms with Gasteiger partial charge < -0.3 is 0 Å². The fourth-order valence-electron chi connectivity index (χ4n) is 0.957. The SMILES string of the molecule is Cc1csc(/C=C(/CCl)C(C)C)n1. The molecule has 0 bridgehead atoms. The lowest BCUT2D eigenvalue weighted by Crippen LogP contribution is -1.94. The number of aromatic nitrogens is 1. The summed E-state index contributed by atoms with van der Waals surface area (Å²) in [5.41, 5.74) is 2.32. The van der Waals surface area contributed by atoms with E-state index in [4.69, 9.17) is 11.6 Å². The van der Waals surface area contributed by atoms with Crippen LogP contribution in [0.15, 0.2) is 11.0 Å². The first kappa shape index (κ1) is 10.7. The smallest absolute Gasteiger partial charge is 0.116 e. The predicted molar refractivity (Wildman–Crippen MR) is 60.4 cm³/mol. The van der Waals surface area contributed by atoms with Gasteiger partial charge in [-0.25, -0.2) is 4.98 Å². The van der Waals surface area contributed by atoms with E-state index in [1.54, 1.807) is 11.3 Å². The summed E-state index contributed by atoms with van der Waals surface area (Å²) < 4.78 is 0. The van der Waals surface area contributed by atoms with Gasteiger partial charge in [-0.1, -0.05) is 13.8 Å². The zero-order valence-corrected chi connectivity index (χ0v) is 9.75. The molecule has 0 unspecified atom stereocenters. The van der Waals surface area contributed by atoms with Gasteiger partial charge in [-0.05, 0) is 24.5 Å². The van der Waals surface area contributed by atoms with Crippen LogP contribution >= 0.6 is 22.9 Å². The molecule has 0 saturated heterocycles. The molecule has 0 spiro atoms. The van der Waals surface area contributed by atoms with Gasteiger partial charge in [0.1, 0.15) is 5.01 Å². The van der Waals surface area contributed by atoms with Crippen molar-refractivity contribution < 1.29 is 0 Å². The molecule has 1 aromatic heterocycles. The number of halogens is 1. The Morgan fingerprint density at radius 3 is 2.77 bits per heavy atom. The van der Waals surface area contributed by atoms with E-state index in [-0.39, 0.29) is 0 Å². The molecule has 0 atom stereocenters. The fourth-order valence-corrected chi connectivity index (χ4v) is 2.10. The van der Waals surface area contributed by atoms with Crippen molar-refractivity contribution in [3.63, 3.8) is 0 Å². The molecule has 0 aliphatic carbocycles. The average Bonchev–Trinajstić information content (AvgIpc) is 2.46. The van der Waals surface area contributed by atoms with Gasteiger partial charge in [-0.2, -0.15) is 0 Å². The molecule has 0 fully saturated rings. The second-order valence-corrected chi connectivity index (χ2v) is 4.49. The Balaban J connectivity index is 2.84. The number of rotatable bonds is 3. The molecule has 0 aromatic carbocycles. The van der Waals surface area contributed by atoms with Crippen LogP contribution in [0.1, 0.15) is 24.5 Å². The molecule has 1 aromatic rings. The Bertz CT molecular complexity index is 302. The molecule has 0 amide bonds.